The average molecular weight is 422 g/mol. The van der Waals surface area contributed by atoms with Crippen LogP contribution in [0.3, 0.4) is 0 Å². The summed E-state index contributed by atoms with van der Waals surface area (Å²) in [5.41, 5.74) is 4.91. The lowest BCUT2D eigenvalue weighted by molar-refractivity contribution is 0.355. The van der Waals surface area contributed by atoms with Crippen LogP contribution in [0.5, 0.6) is 11.5 Å². The molecular weight excluding hydrogens is 400 g/mol. The highest BCUT2D eigenvalue weighted by Crippen LogP contribution is 2.34. The summed E-state index contributed by atoms with van der Waals surface area (Å²) in [6.07, 6.45) is 5.54. The van der Waals surface area contributed by atoms with Crippen molar-refractivity contribution in [1.82, 2.24) is 19.3 Å². The lowest BCUT2D eigenvalue weighted by atomic mass is 10.1. The monoisotopic (exact) mass is 422 g/mol. The van der Waals surface area contributed by atoms with Gasteiger partial charge in [-0.05, 0) is 18.2 Å². The van der Waals surface area contributed by atoms with Crippen molar-refractivity contribution in [3.63, 3.8) is 0 Å². The maximum atomic E-state index is 5.49. The maximum Gasteiger partial charge on any atom is 0.161 e. The van der Waals surface area contributed by atoms with Crippen molar-refractivity contribution >= 4 is 0 Å². The van der Waals surface area contributed by atoms with Gasteiger partial charge >= 0.3 is 0 Å². The second-order valence-corrected chi connectivity index (χ2v) is 7.18. The van der Waals surface area contributed by atoms with Gasteiger partial charge in [-0.1, -0.05) is 60.7 Å². The highest BCUT2D eigenvalue weighted by molar-refractivity contribution is 5.78. The lowest BCUT2D eigenvalue weighted by Crippen LogP contribution is -2.10. The van der Waals surface area contributed by atoms with Crippen LogP contribution >= 0.6 is 0 Å². The number of ether oxygens (including phenoxy) is 2. The van der Waals surface area contributed by atoms with Crippen molar-refractivity contribution in [2.24, 2.45) is 0 Å². The van der Waals surface area contributed by atoms with Gasteiger partial charge in [0.1, 0.15) is 6.33 Å². The van der Waals surface area contributed by atoms with Crippen molar-refractivity contribution in [1.29, 1.82) is 0 Å². The minimum Gasteiger partial charge on any atom is -0.493 e. The first-order chi connectivity index (χ1) is 15.8. The van der Waals surface area contributed by atoms with Crippen LogP contribution in [-0.2, 0) is 0 Å². The Morgan fingerprint density at radius 2 is 1.34 bits per heavy atom. The highest BCUT2D eigenvalue weighted by atomic mass is 16.5. The van der Waals surface area contributed by atoms with E-state index < -0.39 is 0 Å². The number of hydrogen-bond donors (Lipinski definition) is 0. The summed E-state index contributed by atoms with van der Waals surface area (Å²) < 4.78 is 14.9. The van der Waals surface area contributed by atoms with Crippen molar-refractivity contribution in [3.05, 3.63) is 97.6 Å². The van der Waals surface area contributed by atoms with Crippen LogP contribution in [0.25, 0.3) is 33.9 Å². The Hall–Kier alpha value is -4.32. The molecule has 0 fully saturated rings. The fraction of sp³-hybridized carbons (Fsp3) is 0.0769. The van der Waals surface area contributed by atoms with Gasteiger partial charge in [0.2, 0.25) is 0 Å². The molecule has 0 radical (unpaired) electrons. The summed E-state index contributed by atoms with van der Waals surface area (Å²) in [5, 5.41) is 0. The largest absolute Gasteiger partial charge is 0.493 e. The number of methoxy groups -OCH3 is 2. The first-order valence-electron chi connectivity index (χ1n) is 10.2. The molecule has 0 amide bonds. The standard InChI is InChI=1S/C26H22N4O2/c1-31-22-14-13-21(17-23(22)32-2)26-27-15-16-29(26)30-18-28-24(19-9-5-3-6-10-19)25(30)20-11-7-4-8-12-20/h3-18H,1-2H3. The number of hydrogen-bond acceptors (Lipinski definition) is 4. The van der Waals surface area contributed by atoms with Gasteiger partial charge < -0.3 is 9.47 Å². The Balaban J connectivity index is 1.70. The first kappa shape index (κ1) is 19.6. The lowest BCUT2D eigenvalue weighted by Gasteiger charge is -2.15. The smallest absolute Gasteiger partial charge is 0.161 e. The SMILES string of the molecule is COc1ccc(-c2nccn2-n2cnc(-c3ccccc3)c2-c2ccccc2)cc1OC. The molecule has 0 saturated carbocycles. The quantitative estimate of drug-likeness (QED) is 0.367. The highest BCUT2D eigenvalue weighted by Gasteiger charge is 2.19. The topological polar surface area (TPSA) is 54.1 Å². The molecule has 0 N–H and O–H groups in total. The number of benzene rings is 3. The zero-order valence-corrected chi connectivity index (χ0v) is 17.8. The van der Waals surface area contributed by atoms with E-state index in [-0.39, 0.29) is 0 Å². The fourth-order valence-electron chi connectivity index (χ4n) is 3.83. The molecule has 0 aliphatic rings. The number of imidazole rings is 2. The Bertz CT molecular complexity index is 1340. The number of aromatic nitrogens is 4. The summed E-state index contributed by atoms with van der Waals surface area (Å²) in [5.74, 6) is 2.09. The zero-order chi connectivity index (χ0) is 21.9. The van der Waals surface area contributed by atoms with Crippen LogP contribution in [0.15, 0.2) is 97.6 Å². The number of rotatable bonds is 6. The second-order valence-electron chi connectivity index (χ2n) is 7.18. The maximum absolute atomic E-state index is 5.49. The molecule has 2 heterocycles. The molecule has 3 aromatic carbocycles. The van der Waals surface area contributed by atoms with Gasteiger partial charge in [0, 0.05) is 29.1 Å². The summed E-state index contributed by atoms with van der Waals surface area (Å²) >= 11 is 0. The van der Waals surface area contributed by atoms with Gasteiger partial charge in [-0.2, -0.15) is 0 Å². The minimum absolute atomic E-state index is 0.651. The molecule has 0 bridgehead atoms. The van der Waals surface area contributed by atoms with Gasteiger partial charge in [-0.15, -0.1) is 0 Å². The van der Waals surface area contributed by atoms with E-state index in [1.165, 1.54) is 0 Å². The minimum atomic E-state index is 0.651. The van der Waals surface area contributed by atoms with Gasteiger partial charge in [0.15, 0.2) is 17.3 Å². The van der Waals surface area contributed by atoms with Crippen LogP contribution in [0, 0.1) is 0 Å². The fourth-order valence-corrected chi connectivity index (χ4v) is 3.83. The van der Waals surface area contributed by atoms with Gasteiger partial charge in [0.05, 0.1) is 25.6 Å². The van der Waals surface area contributed by atoms with E-state index in [0.29, 0.717) is 11.5 Å². The van der Waals surface area contributed by atoms with Crippen LogP contribution in [-0.4, -0.2) is 33.5 Å². The molecule has 6 heteroatoms. The summed E-state index contributed by atoms with van der Waals surface area (Å²) in [4.78, 5) is 9.41. The zero-order valence-electron chi connectivity index (χ0n) is 17.8. The third-order valence-corrected chi connectivity index (χ3v) is 5.34. The molecule has 0 aliphatic carbocycles. The van der Waals surface area contributed by atoms with E-state index >= 15 is 0 Å². The van der Waals surface area contributed by atoms with Crippen LogP contribution in [0.1, 0.15) is 0 Å². The summed E-state index contributed by atoms with van der Waals surface area (Å²) in [6.45, 7) is 0. The molecular formula is C26H22N4O2. The van der Waals surface area contributed by atoms with E-state index in [9.17, 15) is 0 Å². The molecule has 32 heavy (non-hydrogen) atoms. The van der Waals surface area contributed by atoms with Gasteiger partial charge in [0.25, 0.3) is 0 Å². The van der Waals surface area contributed by atoms with Crippen molar-refractivity contribution < 1.29 is 9.47 Å². The molecule has 6 nitrogen and oxygen atoms in total. The second kappa shape index (κ2) is 8.43. The Morgan fingerprint density at radius 1 is 0.656 bits per heavy atom. The molecule has 0 unspecified atom stereocenters. The molecule has 158 valence electrons. The van der Waals surface area contributed by atoms with Crippen LogP contribution < -0.4 is 9.47 Å². The van der Waals surface area contributed by atoms with E-state index in [1.807, 2.05) is 76.5 Å². The molecule has 0 spiro atoms. The van der Waals surface area contributed by atoms with Crippen molar-refractivity contribution in [2.75, 3.05) is 14.2 Å². The third kappa shape index (κ3) is 3.41. The summed E-state index contributed by atoms with van der Waals surface area (Å²) in [6, 6.07) is 26.2. The van der Waals surface area contributed by atoms with E-state index in [1.54, 1.807) is 20.4 Å². The average Bonchev–Trinajstić information content (AvgIpc) is 3.52. The first-order valence-corrected chi connectivity index (χ1v) is 10.2. The van der Waals surface area contributed by atoms with Crippen LogP contribution in [0.2, 0.25) is 0 Å². The predicted octanol–water partition coefficient (Wildman–Crippen LogP) is 5.41. The molecule has 0 aliphatic heterocycles. The summed E-state index contributed by atoms with van der Waals surface area (Å²) in [7, 11) is 3.25. The predicted molar refractivity (Wildman–Crippen MR) is 125 cm³/mol. The molecule has 2 aromatic heterocycles. The normalized spacial score (nSPS) is 10.8. The molecule has 5 rings (SSSR count). The Labute approximate surface area is 186 Å². The van der Waals surface area contributed by atoms with Crippen molar-refractivity contribution in [2.45, 2.75) is 0 Å². The van der Waals surface area contributed by atoms with Gasteiger partial charge in [-0.3, -0.25) is 0 Å². The Kier molecular flexibility index (Phi) is 5.17. The van der Waals surface area contributed by atoms with Crippen molar-refractivity contribution in [3.8, 4) is 45.4 Å². The van der Waals surface area contributed by atoms with Gasteiger partial charge in [-0.25, -0.2) is 19.3 Å². The molecule has 5 aromatic rings. The van der Waals surface area contributed by atoms with E-state index in [4.69, 9.17) is 14.5 Å². The third-order valence-electron chi connectivity index (χ3n) is 5.34. The molecule has 0 atom stereocenters. The number of nitrogens with zero attached hydrogens (tertiary/aromatic N) is 4. The van der Waals surface area contributed by atoms with E-state index in [2.05, 4.69) is 29.2 Å². The van der Waals surface area contributed by atoms with Crippen LogP contribution in [0.4, 0.5) is 0 Å². The molecule has 0 saturated heterocycles. The Morgan fingerprint density at radius 3 is 2.03 bits per heavy atom. The van der Waals surface area contributed by atoms with E-state index in [0.717, 1.165) is 33.9 Å².